The summed E-state index contributed by atoms with van der Waals surface area (Å²) >= 11 is 1.66. The van der Waals surface area contributed by atoms with Gasteiger partial charge in [0, 0.05) is 49.7 Å². The molecular weight excluding hydrogens is 312 g/mol. The third-order valence-corrected chi connectivity index (χ3v) is 5.27. The van der Waals surface area contributed by atoms with Gasteiger partial charge in [0.25, 0.3) is 0 Å². The molecule has 3 heterocycles. The van der Waals surface area contributed by atoms with Crippen molar-refractivity contribution in [2.24, 2.45) is 7.05 Å². The molecule has 2 aromatic rings. The molecule has 124 valence electrons. The van der Waals surface area contributed by atoms with Crippen LogP contribution >= 0.6 is 11.3 Å². The number of esters is 1. The molecule has 1 aliphatic heterocycles. The lowest BCUT2D eigenvalue weighted by Gasteiger charge is -2.32. The summed E-state index contributed by atoms with van der Waals surface area (Å²) in [5.41, 5.74) is 2.26. The maximum Gasteiger partial charge on any atom is 0.305 e. The number of rotatable bonds is 5. The summed E-state index contributed by atoms with van der Waals surface area (Å²) in [6.45, 7) is 2.02. The smallest absolute Gasteiger partial charge is 0.305 e. The third kappa shape index (κ3) is 3.72. The Kier molecular flexibility index (Phi) is 4.95. The number of carbonyl (C=O) groups is 1. The van der Waals surface area contributed by atoms with E-state index in [1.165, 1.54) is 19.2 Å². The van der Waals surface area contributed by atoms with Crippen molar-refractivity contribution in [1.29, 1.82) is 0 Å². The van der Waals surface area contributed by atoms with Gasteiger partial charge in [-0.15, -0.1) is 11.3 Å². The first kappa shape index (κ1) is 16.0. The van der Waals surface area contributed by atoms with Crippen LogP contribution in [0.25, 0.3) is 0 Å². The molecule has 0 N–H and O–H groups in total. The van der Waals surface area contributed by atoms with E-state index in [4.69, 9.17) is 4.98 Å². The van der Waals surface area contributed by atoms with Gasteiger partial charge in [-0.05, 0) is 18.9 Å². The van der Waals surface area contributed by atoms with E-state index in [9.17, 15) is 4.79 Å². The van der Waals surface area contributed by atoms with Crippen LogP contribution in [0, 0.1) is 0 Å². The average molecular weight is 334 g/mol. The highest BCUT2D eigenvalue weighted by Crippen LogP contribution is 2.31. The first-order valence-corrected chi connectivity index (χ1v) is 8.79. The molecular formula is C16H22N4O2S. The second kappa shape index (κ2) is 7.12. The van der Waals surface area contributed by atoms with Crippen LogP contribution in [0.1, 0.15) is 36.6 Å². The summed E-state index contributed by atoms with van der Waals surface area (Å²) in [7, 11) is 3.42. The topological polar surface area (TPSA) is 60.2 Å². The molecule has 0 aliphatic carbocycles. The largest absolute Gasteiger partial charge is 0.469 e. The number of carbonyl (C=O) groups excluding carboxylic acids is 1. The first-order valence-electron chi connectivity index (χ1n) is 7.91. The van der Waals surface area contributed by atoms with Gasteiger partial charge in [0.1, 0.15) is 0 Å². The van der Waals surface area contributed by atoms with E-state index < -0.39 is 0 Å². The summed E-state index contributed by atoms with van der Waals surface area (Å²) in [6, 6.07) is 2.11. The van der Waals surface area contributed by atoms with Gasteiger partial charge < -0.3 is 9.64 Å². The molecule has 0 bridgehead atoms. The summed E-state index contributed by atoms with van der Waals surface area (Å²) in [6.07, 6.45) is 5.24. The SMILES string of the molecule is COC(=O)CCc1csc(N2CCCC(c3ccnn3C)C2)n1. The zero-order valence-corrected chi connectivity index (χ0v) is 14.4. The van der Waals surface area contributed by atoms with Crippen molar-refractivity contribution in [1.82, 2.24) is 14.8 Å². The van der Waals surface area contributed by atoms with E-state index in [1.807, 2.05) is 23.3 Å². The number of nitrogens with zero attached hydrogens (tertiary/aromatic N) is 4. The average Bonchev–Trinajstić information content (AvgIpc) is 3.21. The van der Waals surface area contributed by atoms with Gasteiger partial charge in [0.05, 0.1) is 19.2 Å². The number of methoxy groups -OCH3 is 1. The quantitative estimate of drug-likeness (QED) is 0.786. The summed E-state index contributed by atoms with van der Waals surface area (Å²) in [4.78, 5) is 18.3. The molecule has 3 rings (SSSR count). The van der Waals surface area contributed by atoms with E-state index in [0.717, 1.165) is 30.3 Å². The van der Waals surface area contributed by atoms with Crippen LogP contribution in [-0.2, 0) is 23.0 Å². The maximum absolute atomic E-state index is 11.2. The molecule has 1 saturated heterocycles. The van der Waals surface area contributed by atoms with Gasteiger partial charge >= 0.3 is 5.97 Å². The highest BCUT2D eigenvalue weighted by molar-refractivity contribution is 7.13. The van der Waals surface area contributed by atoms with Crippen molar-refractivity contribution >= 4 is 22.4 Å². The Bertz CT molecular complexity index is 667. The van der Waals surface area contributed by atoms with Crippen LogP contribution in [0.4, 0.5) is 5.13 Å². The number of anilines is 1. The number of ether oxygens (including phenoxy) is 1. The number of thiazole rings is 1. The van der Waals surface area contributed by atoms with Crippen LogP contribution in [0.5, 0.6) is 0 Å². The lowest BCUT2D eigenvalue weighted by molar-refractivity contribution is -0.140. The van der Waals surface area contributed by atoms with Crippen molar-refractivity contribution in [3.05, 3.63) is 29.0 Å². The molecule has 0 spiro atoms. The molecule has 1 atom stereocenters. The number of aromatic nitrogens is 3. The first-order chi connectivity index (χ1) is 11.2. The van der Waals surface area contributed by atoms with Gasteiger partial charge in [0.15, 0.2) is 5.13 Å². The molecule has 23 heavy (non-hydrogen) atoms. The predicted molar refractivity (Wildman–Crippen MR) is 89.8 cm³/mol. The minimum absolute atomic E-state index is 0.186. The molecule has 6 nitrogen and oxygen atoms in total. The Morgan fingerprint density at radius 2 is 2.39 bits per heavy atom. The molecule has 7 heteroatoms. The van der Waals surface area contributed by atoms with Crippen molar-refractivity contribution in [2.45, 2.75) is 31.6 Å². The predicted octanol–water partition coefficient (Wildman–Crippen LogP) is 2.37. The Morgan fingerprint density at radius 1 is 1.52 bits per heavy atom. The minimum Gasteiger partial charge on any atom is -0.469 e. The van der Waals surface area contributed by atoms with Crippen LogP contribution in [0.15, 0.2) is 17.6 Å². The molecule has 1 fully saturated rings. The molecule has 0 aromatic carbocycles. The molecule has 0 amide bonds. The fraction of sp³-hybridized carbons (Fsp3) is 0.562. The lowest BCUT2D eigenvalue weighted by atomic mass is 9.95. The summed E-state index contributed by atoms with van der Waals surface area (Å²) in [5.74, 6) is 0.312. The van der Waals surface area contributed by atoms with Crippen molar-refractivity contribution < 1.29 is 9.53 Å². The van der Waals surface area contributed by atoms with Crippen LogP contribution < -0.4 is 4.90 Å². The highest BCUT2D eigenvalue weighted by atomic mass is 32.1. The second-order valence-electron chi connectivity index (χ2n) is 5.86. The molecule has 0 saturated carbocycles. The Balaban J connectivity index is 1.64. The van der Waals surface area contributed by atoms with Gasteiger partial charge in [-0.25, -0.2) is 4.98 Å². The van der Waals surface area contributed by atoms with Crippen molar-refractivity contribution in [2.75, 3.05) is 25.1 Å². The molecule has 2 aromatic heterocycles. The number of aryl methyl sites for hydroxylation is 2. The normalized spacial score (nSPS) is 18.2. The second-order valence-corrected chi connectivity index (χ2v) is 6.70. The van der Waals surface area contributed by atoms with E-state index in [0.29, 0.717) is 18.8 Å². The minimum atomic E-state index is -0.186. The van der Waals surface area contributed by atoms with Gasteiger partial charge in [-0.3, -0.25) is 9.48 Å². The number of hydrogen-bond donors (Lipinski definition) is 0. The monoisotopic (exact) mass is 334 g/mol. The Labute approximate surface area is 140 Å². The lowest BCUT2D eigenvalue weighted by Crippen LogP contribution is -2.35. The maximum atomic E-state index is 11.2. The van der Waals surface area contributed by atoms with Gasteiger partial charge in [-0.1, -0.05) is 0 Å². The van der Waals surface area contributed by atoms with Gasteiger partial charge in [-0.2, -0.15) is 5.10 Å². The fourth-order valence-corrected chi connectivity index (χ4v) is 3.96. The number of hydrogen-bond acceptors (Lipinski definition) is 6. The van der Waals surface area contributed by atoms with Crippen LogP contribution in [0.2, 0.25) is 0 Å². The molecule has 1 unspecified atom stereocenters. The summed E-state index contributed by atoms with van der Waals surface area (Å²) < 4.78 is 6.65. The highest BCUT2D eigenvalue weighted by Gasteiger charge is 2.25. The zero-order valence-electron chi connectivity index (χ0n) is 13.6. The van der Waals surface area contributed by atoms with Crippen LogP contribution in [0.3, 0.4) is 0 Å². The van der Waals surface area contributed by atoms with E-state index in [2.05, 4.69) is 20.8 Å². The Hall–Kier alpha value is -1.89. The summed E-state index contributed by atoms with van der Waals surface area (Å²) in [5, 5.41) is 7.38. The van der Waals surface area contributed by atoms with Crippen molar-refractivity contribution in [3.8, 4) is 0 Å². The number of piperidine rings is 1. The fourth-order valence-electron chi connectivity index (χ4n) is 3.07. The molecule has 1 aliphatic rings. The van der Waals surface area contributed by atoms with Crippen molar-refractivity contribution in [3.63, 3.8) is 0 Å². The Morgan fingerprint density at radius 3 is 3.13 bits per heavy atom. The van der Waals surface area contributed by atoms with E-state index >= 15 is 0 Å². The van der Waals surface area contributed by atoms with E-state index in [-0.39, 0.29) is 5.97 Å². The standard InChI is InChI=1S/C16H22N4O2S/c1-19-14(7-8-17-19)12-4-3-9-20(10-12)16-18-13(11-23-16)5-6-15(21)22-2/h7-8,11-12H,3-6,9-10H2,1-2H3. The van der Waals surface area contributed by atoms with Crippen LogP contribution in [-0.4, -0.2) is 40.9 Å². The third-order valence-electron chi connectivity index (χ3n) is 4.32. The van der Waals surface area contributed by atoms with Gasteiger partial charge in [0.2, 0.25) is 0 Å². The zero-order chi connectivity index (χ0) is 16.2. The van der Waals surface area contributed by atoms with E-state index in [1.54, 1.807) is 11.3 Å². The molecule has 0 radical (unpaired) electrons.